The number of anilines is 1. The van der Waals surface area contributed by atoms with Gasteiger partial charge >= 0.3 is 0 Å². The van der Waals surface area contributed by atoms with Gasteiger partial charge in [-0.15, -0.1) is 0 Å². The van der Waals surface area contributed by atoms with Crippen LogP contribution in [0.1, 0.15) is 18.9 Å². The first-order valence-electron chi connectivity index (χ1n) is 5.15. The minimum atomic E-state index is -0.364. The Morgan fingerprint density at radius 1 is 1.53 bits per heavy atom. The van der Waals surface area contributed by atoms with Crippen LogP contribution in [0.15, 0.2) is 18.2 Å². The average Bonchev–Trinajstić information content (AvgIpc) is 2.88. The minimum Gasteiger partial charge on any atom is -0.323 e. The number of carbonyl (C=O) groups excluding carboxylic acids is 1. The van der Waals surface area contributed by atoms with Gasteiger partial charge in [0.05, 0.1) is 5.69 Å². The molecule has 2 nitrogen and oxygen atoms in total. The predicted octanol–water partition coefficient (Wildman–Crippen LogP) is 2.73. The first-order chi connectivity index (χ1) is 7.08. The van der Waals surface area contributed by atoms with E-state index in [0.29, 0.717) is 5.92 Å². The van der Waals surface area contributed by atoms with Crippen LogP contribution in [0.3, 0.4) is 0 Å². The molecule has 0 saturated heterocycles. The molecule has 1 aliphatic rings. The second-order valence-corrected chi connectivity index (χ2v) is 4.29. The van der Waals surface area contributed by atoms with E-state index in [1.54, 1.807) is 12.1 Å². The molecule has 0 heterocycles. The molecule has 2 rings (SSSR count). The zero-order valence-electron chi connectivity index (χ0n) is 8.88. The largest absolute Gasteiger partial charge is 0.323 e. The van der Waals surface area contributed by atoms with E-state index in [0.717, 1.165) is 12.0 Å². The number of hydrogen-bond donors (Lipinski definition) is 1. The Hall–Kier alpha value is -1.38. The minimum absolute atomic E-state index is 0.0646. The number of rotatable bonds is 2. The number of halogens is 1. The number of carbonyl (C=O) groups is 1. The van der Waals surface area contributed by atoms with E-state index in [-0.39, 0.29) is 23.3 Å². The third-order valence-electron chi connectivity index (χ3n) is 2.83. The van der Waals surface area contributed by atoms with Crippen LogP contribution in [0, 0.1) is 24.6 Å². The third kappa shape index (κ3) is 2.17. The Balaban J connectivity index is 2.07. The predicted molar refractivity (Wildman–Crippen MR) is 57.0 cm³/mol. The summed E-state index contributed by atoms with van der Waals surface area (Å²) < 4.78 is 13.4. The lowest BCUT2D eigenvalue weighted by molar-refractivity contribution is -0.117. The normalized spacial score (nSPS) is 23.7. The van der Waals surface area contributed by atoms with Crippen LogP contribution in [0.2, 0.25) is 0 Å². The molecule has 2 unspecified atom stereocenters. The van der Waals surface area contributed by atoms with Crippen molar-refractivity contribution >= 4 is 11.6 Å². The maximum Gasteiger partial charge on any atom is 0.227 e. The summed E-state index contributed by atoms with van der Waals surface area (Å²) >= 11 is 0. The Kier molecular flexibility index (Phi) is 2.47. The maximum absolute atomic E-state index is 13.4. The van der Waals surface area contributed by atoms with Crippen molar-refractivity contribution in [3.05, 3.63) is 29.6 Å². The second-order valence-electron chi connectivity index (χ2n) is 4.29. The molecule has 1 amide bonds. The van der Waals surface area contributed by atoms with E-state index in [1.165, 1.54) is 6.07 Å². The van der Waals surface area contributed by atoms with Gasteiger partial charge < -0.3 is 5.32 Å². The monoisotopic (exact) mass is 207 g/mol. The van der Waals surface area contributed by atoms with Crippen LogP contribution in [-0.4, -0.2) is 5.91 Å². The Bertz CT molecular complexity index is 403. The second kappa shape index (κ2) is 3.65. The van der Waals surface area contributed by atoms with Crippen LogP contribution >= 0.6 is 0 Å². The molecule has 3 heteroatoms. The standard InChI is InChI=1S/C12H14FNO/c1-7-3-4-11(10(13)5-7)14-12(15)9-6-8(9)2/h3-5,8-9H,6H2,1-2H3,(H,14,15). The molecular formula is C12H14FNO. The highest BCUT2D eigenvalue weighted by molar-refractivity contribution is 5.94. The van der Waals surface area contributed by atoms with Gasteiger partial charge in [-0.05, 0) is 37.0 Å². The average molecular weight is 207 g/mol. The van der Waals surface area contributed by atoms with Crippen molar-refractivity contribution in [2.75, 3.05) is 5.32 Å². The number of hydrogen-bond acceptors (Lipinski definition) is 1. The van der Waals surface area contributed by atoms with E-state index in [4.69, 9.17) is 0 Å². The molecular weight excluding hydrogens is 193 g/mol. The Morgan fingerprint density at radius 2 is 2.20 bits per heavy atom. The number of benzene rings is 1. The van der Waals surface area contributed by atoms with Crippen molar-refractivity contribution in [1.82, 2.24) is 0 Å². The summed E-state index contributed by atoms with van der Waals surface area (Å²) in [6.07, 6.45) is 0.916. The van der Waals surface area contributed by atoms with Gasteiger partial charge in [0.2, 0.25) is 5.91 Å². The molecule has 0 radical (unpaired) electrons. The molecule has 1 saturated carbocycles. The molecule has 1 aromatic carbocycles. The summed E-state index contributed by atoms with van der Waals surface area (Å²) in [6, 6.07) is 4.82. The molecule has 1 aliphatic carbocycles. The molecule has 1 fully saturated rings. The smallest absolute Gasteiger partial charge is 0.227 e. The molecule has 0 aromatic heterocycles. The van der Waals surface area contributed by atoms with Gasteiger partial charge in [0, 0.05) is 5.92 Å². The van der Waals surface area contributed by atoms with Gasteiger partial charge in [-0.25, -0.2) is 4.39 Å². The SMILES string of the molecule is Cc1ccc(NC(=O)C2CC2C)c(F)c1. The van der Waals surface area contributed by atoms with Gasteiger partial charge in [0.15, 0.2) is 0 Å². The fourth-order valence-electron chi connectivity index (χ4n) is 1.63. The van der Waals surface area contributed by atoms with E-state index in [9.17, 15) is 9.18 Å². The lowest BCUT2D eigenvalue weighted by Gasteiger charge is -2.06. The first-order valence-corrected chi connectivity index (χ1v) is 5.15. The number of amides is 1. The quantitative estimate of drug-likeness (QED) is 0.793. The molecule has 0 bridgehead atoms. The third-order valence-corrected chi connectivity index (χ3v) is 2.83. The maximum atomic E-state index is 13.4. The van der Waals surface area contributed by atoms with Crippen molar-refractivity contribution in [1.29, 1.82) is 0 Å². The van der Waals surface area contributed by atoms with Crippen molar-refractivity contribution in [2.24, 2.45) is 11.8 Å². The molecule has 0 spiro atoms. The van der Waals surface area contributed by atoms with E-state index in [2.05, 4.69) is 5.32 Å². The molecule has 0 aliphatic heterocycles. The molecule has 2 atom stereocenters. The highest BCUT2D eigenvalue weighted by Gasteiger charge is 2.39. The van der Waals surface area contributed by atoms with E-state index < -0.39 is 0 Å². The van der Waals surface area contributed by atoms with Crippen LogP contribution < -0.4 is 5.32 Å². The summed E-state index contributed by atoms with van der Waals surface area (Å²) in [5, 5.41) is 2.62. The summed E-state index contributed by atoms with van der Waals surface area (Å²) in [6.45, 7) is 3.84. The molecule has 1 N–H and O–H groups in total. The van der Waals surface area contributed by atoms with Crippen LogP contribution in [-0.2, 0) is 4.79 Å². The summed E-state index contributed by atoms with van der Waals surface area (Å²) in [5.41, 5.74) is 1.13. The number of nitrogens with one attached hydrogen (secondary N) is 1. The fraction of sp³-hybridized carbons (Fsp3) is 0.417. The highest BCUT2D eigenvalue weighted by atomic mass is 19.1. The lowest BCUT2D eigenvalue weighted by Crippen LogP contribution is -2.15. The van der Waals surface area contributed by atoms with Gasteiger partial charge in [0.1, 0.15) is 5.82 Å². The first kappa shape index (κ1) is 10.1. The van der Waals surface area contributed by atoms with Crippen molar-refractivity contribution in [3.63, 3.8) is 0 Å². The fourth-order valence-corrected chi connectivity index (χ4v) is 1.63. The topological polar surface area (TPSA) is 29.1 Å². The Labute approximate surface area is 88.5 Å². The number of aryl methyl sites for hydroxylation is 1. The zero-order valence-corrected chi connectivity index (χ0v) is 8.88. The molecule has 15 heavy (non-hydrogen) atoms. The van der Waals surface area contributed by atoms with Crippen molar-refractivity contribution in [3.8, 4) is 0 Å². The van der Waals surface area contributed by atoms with Crippen molar-refractivity contribution < 1.29 is 9.18 Å². The van der Waals surface area contributed by atoms with Crippen LogP contribution in [0.5, 0.6) is 0 Å². The van der Waals surface area contributed by atoms with Crippen LogP contribution in [0.4, 0.5) is 10.1 Å². The van der Waals surface area contributed by atoms with Crippen LogP contribution in [0.25, 0.3) is 0 Å². The van der Waals surface area contributed by atoms with Gasteiger partial charge in [-0.3, -0.25) is 4.79 Å². The molecule has 80 valence electrons. The highest BCUT2D eigenvalue weighted by Crippen LogP contribution is 2.38. The summed E-state index contributed by atoms with van der Waals surface area (Å²) in [5.74, 6) is 0.0890. The van der Waals surface area contributed by atoms with Gasteiger partial charge in [0.25, 0.3) is 0 Å². The Morgan fingerprint density at radius 3 is 2.73 bits per heavy atom. The lowest BCUT2D eigenvalue weighted by atomic mass is 10.2. The van der Waals surface area contributed by atoms with Crippen molar-refractivity contribution in [2.45, 2.75) is 20.3 Å². The summed E-state index contributed by atoms with van der Waals surface area (Å²) in [7, 11) is 0. The van der Waals surface area contributed by atoms with E-state index >= 15 is 0 Å². The summed E-state index contributed by atoms with van der Waals surface area (Å²) in [4.78, 5) is 11.5. The zero-order chi connectivity index (χ0) is 11.0. The molecule has 1 aromatic rings. The van der Waals surface area contributed by atoms with Gasteiger partial charge in [-0.1, -0.05) is 13.0 Å². The van der Waals surface area contributed by atoms with E-state index in [1.807, 2.05) is 13.8 Å². The van der Waals surface area contributed by atoms with Gasteiger partial charge in [-0.2, -0.15) is 0 Å².